The molecule has 10 heteroatoms. The van der Waals surface area contributed by atoms with Crippen molar-refractivity contribution in [1.82, 2.24) is 14.9 Å². The first-order valence-electron chi connectivity index (χ1n) is 9.28. The van der Waals surface area contributed by atoms with Crippen molar-refractivity contribution in [2.45, 2.75) is 6.54 Å². The van der Waals surface area contributed by atoms with Gasteiger partial charge in [-0.15, -0.1) is 0 Å². The Bertz CT molecular complexity index is 881. The van der Waals surface area contributed by atoms with E-state index in [0.29, 0.717) is 18.9 Å². The van der Waals surface area contributed by atoms with E-state index < -0.39 is 11.9 Å². The molecule has 2 aliphatic rings. The fourth-order valence-corrected chi connectivity index (χ4v) is 3.00. The lowest BCUT2D eigenvalue weighted by molar-refractivity contribution is -0.134. The van der Waals surface area contributed by atoms with Gasteiger partial charge in [-0.05, 0) is 23.8 Å². The number of piperazine rings is 1. The first kappa shape index (κ1) is 21.1. The van der Waals surface area contributed by atoms with Crippen molar-refractivity contribution in [3.8, 4) is 11.5 Å². The second-order valence-electron chi connectivity index (χ2n) is 6.51. The molecule has 30 heavy (non-hydrogen) atoms. The second kappa shape index (κ2) is 10.2. The Morgan fingerprint density at radius 3 is 2.23 bits per heavy atom. The van der Waals surface area contributed by atoms with Crippen molar-refractivity contribution in [3.05, 3.63) is 54.4 Å². The number of hydrogen-bond acceptors (Lipinski definition) is 8. The molecular weight excluding hydrogens is 392 g/mol. The standard InChI is InChI=1S/C16H18N4O2.C4H4O4/c1-4-17-16(18-5-1)20-8-6-19(7-9-20)11-13-2-3-14-15(10-13)22-12-21-14;5-3(6)1-2-4(7)8/h1-5,10H,6-9,11-12H2;1-2H,(H,5,6)(H,7,8)/b;2-1-. The molecule has 0 bridgehead atoms. The average Bonchev–Trinajstić information content (AvgIpc) is 3.22. The maximum atomic E-state index is 9.55. The van der Waals surface area contributed by atoms with E-state index in [-0.39, 0.29) is 0 Å². The van der Waals surface area contributed by atoms with E-state index in [1.165, 1.54) is 5.56 Å². The molecule has 1 saturated heterocycles. The van der Waals surface area contributed by atoms with Gasteiger partial charge in [0.1, 0.15) is 0 Å². The van der Waals surface area contributed by atoms with E-state index in [9.17, 15) is 9.59 Å². The minimum Gasteiger partial charge on any atom is -0.478 e. The Labute approximate surface area is 173 Å². The van der Waals surface area contributed by atoms with E-state index in [4.69, 9.17) is 19.7 Å². The van der Waals surface area contributed by atoms with Crippen LogP contribution in [0.1, 0.15) is 5.56 Å². The molecule has 0 spiro atoms. The molecular formula is C20H22N4O6. The number of aromatic nitrogens is 2. The summed E-state index contributed by atoms with van der Waals surface area (Å²) < 4.78 is 10.8. The fourth-order valence-electron chi connectivity index (χ4n) is 3.00. The maximum absolute atomic E-state index is 9.55. The molecule has 0 aliphatic carbocycles. The third-order valence-corrected chi connectivity index (χ3v) is 4.42. The van der Waals surface area contributed by atoms with Crippen molar-refractivity contribution in [3.63, 3.8) is 0 Å². The number of anilines is 1. The minimum absolute atomic E-state index is 0.328. The summed E-state index contributed by atoms with van der Waals surface area (Å²) in [5, 5.41) is 15.6. The van der Waals surface area contributed by atoms with Gasteiger partial charge >= 0.3 is 11.9 Å². The van der Waals surface area contributed by atoms with E-state index in [1.54, 1.807) is 12.4 Å². The Morgan fingerprint density at radius 2 is 1.60 bits per heavy atom. The van der Waals surface area contributed by atoms with Crippen molar-refractivity contribution in [2.24, 2.45) is 0 Å². The second-order valence-corrected chi connectivity index (χ2v) is 6.51. The van der Waals surface area contributed by atoms with Gasteiger partial charge in [-0.2, -0.15) is 0 Å². The lowest BCUT2D eigenvalue weighted by atomic mass is 10.1. The number of carboxylic acids is 2. The molecule has 2 N–H and O–H groups in total. The molecule has 10 nitrogen and oxygen atoms in total. The number of benzene rings is 1. The Balaban J connectivity index is 0.000000275. The van der Waals surface area contributed by atoms with E-state index >= 15 is 0 Å². The molecule has 3 heterocycles. The van der Waals surface area contributed by atoms with Crippen LogP contribution in [0, 0.1) is 0 Å². The summed E-state index contributed by atoms with van der Waals surface area (Å²) in [6.45, 7) is 5.18. The van der Waals surface area contributed by atoms with Crippen LogP contribution in [0.5, 0.6) is 11.5 Å². The number of carbonyl (C=O) groups is 2. The lowest BCUT2D eigenvalue weighted by Crippen LogP contribution is -2.46. The van der Waals surface area contributed by atoms with Gasteiger partial charge in [-0.25, -0.2) is 19.6 Å². The third-order valence-electron chi connectivity index (χ3n) is 4.42. The van der Waals surface area contributed by atoms with Gasteiger partial charge in [0, 0.05) is 57.3 Å². The van der Waals surface area contributed by atoms with Gasteiger partial charge in [0.2, 0.25) is 12.7 Å². The zero-order valence-corrected chi connectivity index (χ0v) is 16.2. The van der Waals surface area contributed by atoms with Crippen LogP contribution in [-0.2, 0) is 16.1 Å². The first-order valence-corrected chi connectivity index (χ1v) is 9.28. The lowest BCUT2D eigenvalue weighted by Gasteiger charge is -2.34. The molecule has 1 fully saturated rings. The predicted octanol–water partition coefficient (Wildman–Crippen LogP) is 1.24. The number of carboxylic acid groups (broad SMARTS) is 2. The molecule has 1 aromatic heterocycles. The smallest absolute Gasteiger partial charge is 0.328 e. The van der Waals surface area contributed by atoms with Crippen LogP contribution in [-0.4, -0.2) is 70.0 Å². The van der Waals surface area contributed by atoms with E-state index in [1.807, 2.05) is 12.1 Å². The zero-order chi connectivity index (χ0) is 21.3. The Hall–Kier alpha value is -3.66. The predicted molar refractivity (Wildman–Crippen MR) is 106 cm³/mol. The molecule has 0 unspecified atom stereocenters. The van der Waals surface area contributed by atoms with Crippen molar-refractivity contribution in [1.29, 1.82) is 0 Å². The Morgan fingerprint density at radius 1 is 0.967 bits per heavy atom. The number of fused-ring (bicyclic) bond motifs is 1. The largest absolute Gasteiger partial charge is 0.478 e. The number of hydrogen-bond donors (Lipinski definition) is 2. The van der Waals surface area contributed by atoms with E-state index in [0.717, 1.165) is 50.2 Å². The molecule has 0 amide bonds. The summed E-state index contributed by atoms with van der Waals surface area (Å²) >= 11 is 0. The topological polar surface area (TPSA) is 125 Å². The normalized spacial score (nSPS) is 15.5. The maximum Gasteiger partial charge on any atom is 0.328 e. The molecule has 2 aliphatic heterocycles. The first-order chi connectivity index (χ1) is 14.5. The summed E-state index contributed by atoms with van der Waals surface area (Å²) in [6, 6.07) is 8.03. The molecule has 158 valence electrons. The summed E-state index contributed by atoms with van der Waals surface area (Å²) in [5.74, 6) is 0.00801. The SMILES string of the molecule is O=C(O)/C=C\C(=O)O.c1cnc(N2CCN(Cc3ccc4c(c3)OCO4)CC2)nc1. The van der Waals surface area contributed by atoms with Gasteiger partial charge in [0.15, 0.2) is 11.5 Å². The number of ether oxygens (including phenoxy) is 2. The quantitative estimate of drug-likeness (QED) is 0.690. The van der Waals surface area contributed by atoms with Crippen LogP contribution in [0.4, 0.5) is 5.95 Å². The third kappa shape index (κ3) is 6.17. The van der Waals surface area contributed by atoms with E-state index in [2.05, 4.69) is 31.9 Å². The summed E-state index contributed by atoms with van der Waals surface area (Å²) in [5.41, 5.74) is 1.26. The zero-order valence-electron chi connectivity index (χ0n) is 16.2. The minimum atomic E-state index is -1.26. The van der Waals surface area contributed by atoms with Crippen molar-refractivity contribution >= 4 is 17.9 Å². The van der Waals surface area contributed by atoms with Crippen LogP contribution in [0.2, 0.25) is 0 Å². The summed E-state index contributed by atoms with van der Waals surface area (Å²) in [6.07, 6.45) is 4.70. The summed E-state index contributed by atoms with van der Waals surface area (Å²) in [7, 11) is 0. The summed E-state index contributed by atoms with van der Waals surface area (Å²) in [4.78, 5) is 32.4. The van der Waals surface area contributed by atoms with Crippen LogP contribution < -0.4 is 14.4 Å². The van der Waals surface area contributed by atoms with Crippen molar-refractivity contribution < 1.29 is 29.3 Å². The molecule has 0 radical (unpaired) electrons. The van der Waals surface area contributed by atoms with Gasteiger partial charge in [0.05, 0.1) is 0 Å². The number of rotatable bonds is 5. The van der Waals surface area contributed by atoms with Gasteiger partial charge in [-0.3, -0.25) is 4.90 Å². The highest BCUT2D eigenvalue weighted by Gasteiger charge is 2.20. The van der Waals surface area contributed by atoms with Crippen LogP contribution in [0.15, 0.2) is 48.8 Å². The van der Waals surface area contributed by atoms with Crippen LogP contribution in [0.25, 0.3) is 0 Å². The molecule has 0 saturated carbocycles. The highest BCUT2D eigenvalue weighted by Crippen LogP contribution is 2.32. The molecule has 0 atom stereocenters. The average molecular weight is 414 g/mol. The van der Waals surface area contributed by atoms with Gasteiger partial charge in [-0.1, -0.05) is 6.07 Å². The monoisotopic (exact) mass is 414 g/mol. The number of aliphatic carboxylic acids is 2. The fraction of sp³-hybridized carbons (Fsp3) is 0.300. The molecule has 1 aromatic carbocycles. The van der Waals surface area contributed by atoms with Gasteiger partial charge < -0.3 is 24.6 Å². The highest BCUT2D eigenvalue weighted by atomic mass is 16.7. The highest BCUT2D eigenvalue weighted by molar-refractivity contribution is 5.89. The van der Waals surface area contributed by atoms with Crippen molar-refractivity contribution in [2.75, 3.05) is 37.9 Å². The van der Waals surface area contributed by atoms with Crippen LogP contribution >= 0.6 is 0 Å². The van der Waals surface area contributed by atoms with Gasteiger partial charge in [0.25, 0.3) is 0 Å². The van der Waals surface area contributed by atoms with Crippen LogP contribution in [0.3, 0.4) is 0 Å². The molecule has 2 aromatic rings. The molecule has 4 rings (SSSR count). The Kier molecular flexibility index (Phi) is 7.17. The number of nitrogens with zero attached hydrogens (tertiary/aromatic N) is 4.